The quantitative estimate of drug-likeness (QED) is 0.750. The highest BCUT2D eigenvalue weighted by atomic mass is 15.3. The van der Waals surface area contributed by atoms with Crippen molar-refractivity contribution in [1.82, 2.24) is 14.7 Å². The van der Waals surface area contributed by atoms with Gasteiger partial charge < -0.3 is 9.80 Å². The third kappa shape index (κ3) is 4.93. The monoisotopic (exact) mass is 252 g/mol. The molecule has 4 heteroatoms. The first-order valence-corrected chi connectivity index (χ1v) is 6.78. The van der Waals surface area contributed by atoms with Gasteiger partial charge in [0.05, 0.1) is 12.5 Å². The number of likely N-dealkylation sites (N-methyl/N-ethyl adjacent to an activating group) is 2. The fourth-order valence-electron chi connectivity index (χ4n) is 2.80. The molecule has 0 spiro atoms. The molecule has 0 N–H and O–H groups in total. The lowest BCUT2D eigenvalue weighted by Gasteiger charge is -2.30. The van der Waals surface area contributed by atoms with Crippen LogP contribution in [0.15, 0.2) is 0 Å². The van der Waals surface area contributed by atoms with Gasteiger partial charge in [-0.05, 0) is 26.6 Å². The molecule has 0 aliphatic carbocycles. The normalized spacial score (nSPS) is 25.9. The van der Waals surface area contributed by atoms with Crippen LogP contribution >= 0.6 is 0 Å². The molecule has 0 saturated carbocycles. The Bertz CT molecular complexity index is 293. The predicted octanol–water partition coefficient (Wildman–Crippen LogP) is 1.10. The SMILES string of the molecule is CN(C)CCN1CC(CC#N)N(C)CC(C)(C)C1. The van der Waals surface area contributed by atoms with E-state index in [2.05, 4.69) is 55.8 Å². The number of hydrogen-bond acceptors (Lipinski definition) is 4. The standard InChI is InChI=1S/C14H28N4/c1-14(2)11-17(5)13(6-7-15)10-18(12-14)9-8-16(3)4/h13H,6,8-12H2,1-5H3. The summed E-state index contributed by atoms with van der Waals surface area (Å²) in [5.41, 5.74) is 0.297. The second-order valence-corrected chi connectivity index (χ2v) is 6.63. The molecule has 0 amide bonds. The Balaban J connectivity index is 2.68. The second-order valence-electron chi connectivity index (χ2n) is 6.63. The van der Waals surface area contributed by atoms with E-state index >= 15 is 0 Å². The average Bonchev–Trinajstić information content (AvgIpc) is 2.33. The molecule has 1 fully saturated rings. The largest absolute Gasteiger partial charge is 0.308 e. The fourth-order valence-corrected chi connectivity index (χ4v) is 2.80. The van der Waals surface area contributed by atoms with E-state index in [4.69, 9.17) is 5.26 Å². The maximum absolute atomic E-state index is 8.96. The van der Waals surface area contributed by atoms with Gasteiger partial charge >= 0.3 is 0 Å². The lowest BCUT2D eigenvalue weighted by atomic mass is 9.92. The van der Waals surface area contributed by atoms with Crippen LogP contribution in [-0.4, -0.2) is 74.6 Å². The predicted molar refractivity (Wildman–Crippen MR) is 75.4 cm³/mol. The minimum Gasteiger partial charge on any atom is -0.308 e. The van der Waals surface area contributed by atoms with Crippen molar-refractivity contribution in [3.05, 3.63) is 0 Å². The highest BCUT2D eigenvalue weighted by Gasteiger charge is 2.31. The van der Waals surface area contributed by atoms with E-state index in [1.54, 1.807) is 0 Å². The summed E-state index contributed by atoms with van der Waals surface area (Å²) in [5, 5.41) is 8.96. The van der Waals surface area contributed by atoms with Crippen molar-refractivity contribution >= 4 is 0 Å². The number of hydrogen-bond donors (Lipinski definition) is 0. The van der Waals surface area contributed by atoms with Gasteiger partial charge in [-0.15, -0.1) is 0 Å². The molecule has 0 radical (unpaired) electrons. The van der Waals surface area contributed by atoms with Crippen LogP contribution in [0, 0.1) is 16.7 Å². The minimum absolute atomic E-state index is 0.297. The van der Waals surface area contributed by atoms with Gasteiger partial charge in [0.1, 0.15) is 0 Å². The van der Waals surface area contributed by atoms with Crippen molar-refractivity contribution in [1.29, 1.82) is 5.26 Å². The molecule has 0 aromatic heterocycles. The molecule has 1 aliphatic rings. The molecule has 1 aliphatic heterocycles. The van der Waals surface area contributed by atoms with Gasteiger partial charge in [-0.2, -0.15) is 5.26 Å². The summed E-state index contributed by atoms with van der Waals surface area (Å²) in [6, 6.07) is 2.70. The lowest BCUT2D eigenvalue weighted by molar-refractivity contribution is 0.183. The van der Waals surface area contributed by atoms with Crippen molar-refractivity contribution < 1.29 is 0 Å². The van der Waals surface area contributed by atoms with Crippen LogP contribution in [0.2, 0.25) is 0 Å². The minimum atomic E-state index is 0.297. The van der Waals surface area contributed by atoms with Crippen LogP contribution in [0.4, 0.5) is 0 Å². The number of nitrogens with zero attached hydrogens (tertiary/aromatic N) is 4. The Kier molecular flexibility index (Phi) is 5.58. The average molecular weight is 252 g/mol. The van der Waals surface area contributed by atoms with Gasteiger partial charge in [-0.3, -0.25) is 4.90 Å². The van der Waals surface area contributed by atoms with E-state index in [9.17, 15) is 0 Å². The van der Waals surface area contributed by atoms with Crippen molar-refractivity contribution in [3.8, 4) is 6.07 Å². The van der Waals surface area contributed by atoms with E-state index in [1.165, 1.54) is 0 Å². The van der Waals surface area contributed by atoms with Gasteiger partial charge in [0.2, 0.25) is 0 Å². The summed E-state index contributed by atoms with van der Waals surface area (Å²) < 4.78 is 0. The van der Waals surface area contributed by atoms with Crippen molar-refractivity contribution in [2.75, 3.05) is 53.9 Å². The zero-order valence-corrected chi connectivity index (χ0v) is 12.6. The van der Waals surface area contributed by atoms with E-state index in [1.807, 2.05) is 0 Å². The molecule has 4 nitrogen and oxygen atoms in total. The van der Waals surface area contributed by atoms with Crippen molar-refractivity contribution in [2.24, 2.45) is 5.41 Å². The highest BCUT2D eigenvalue weighted by molar-refractivity contribution is 4.91. The zero-order chi connectivity index (χ0) is 13.8. The summed E-state index contributed by atoms with van der Waals surface area (Å²) in [6.45, 7) is 10.0. The molecule has 104 valence electrons. The molecule has 18 heavy (non-hydrogen) atoms. The summed E-state index contributed by atoms with van der Waals surface area (Å²) in [5.74, 6) is 0. The third-order valence-electron chi connectivity index (χ3n) is 3.61. The second kappa shape index (κ2) is 6.51. The van der Waals surface area contributed by atoms with Gasteiger partial charge in [0.25, 0.3) is 0 Å². The third-order valence-corrected chi connectivity index (χ3v) is 3.61. The Morgan fingerprint density at radius 2 is 2.00 bits per heavy atom. The van der Waals surface area contributed by atoms with Gasteiger partial charge in [0, 0.05) is 38.8 Å². The Morgan fingerprint density at radius 1 is 1.33 bits per heavy atom. The fraction of sp³-hybridized carbons (Fsp3) is 0.929. The topological polar surface area (TPSA) is 33.5 Å². The molecular weight excluding hydrogens is 224 g/mol. The Morgan fingerprint density at radius 3 is 2.56 bits per heavy atom. The molecular formula is C14H28N4. The highest BCUT2D eigenvalue weighted by Crippen LogP contribution is 2.24. The lowest BCUT2D eigenvalue weighted by Crippen LogP contribution is -2.40. The van der Waals surface area contributed by atoms with Crippen LogP contribution in [0.3, 0.4) is 0 Å². The van der Waals surface area contributed by atoms with E-state index in [0.717, 1.165) is 32.7 Å². The van der Waals surface area contributed by atoms with Crippen molar-refractivity contribution in [2.45, 2.75) is 26.3 Å². The smallest absolute Gasteiger partial charge is 0.0638 e. The van der Waals surface area contributed by atoms with Crippen LogP contribution in [-0.2, 0) is 0 Å². The van der Waals surface area contributed by atoms with Crippen LogP contribution in [0.25, 0.3) is 0 Å². The molecule has 1 atom stereocenters. The summed E-state index contributed by atoms with van der Waals surface area (Å²) in [7, 11) is 6.38. The molecule has 1 rings (SSSR count). The van der Waals surface area contributed by atoms with Crippen LogP contribution < -0.4 is 0 Å². The number of rotatable bonds is 4. The summed E-state index contributed by atoms with van der Waals surface area (Å²) >= 11 is 0. The van der Waals surface area contributed by atoms with Gasteiger partial charge in [0.15, 0.2) is 0 Å². The molecule has 0 aromatic rings. The van der Waals surface area contributed by atoms with E-state index < -0.39 is 0 Å². The Labute approximate surface area is 112 Å². The molecule has 1 saturated heterocycles. The first-order chi connectivity index (χ1) is 8.34. The summed E-state index contributed by atoms with van der Waals surface area (Å²) in [6.07, 6.45) is 0.630. The number of nitriles is 1. The Hall–Kier alpha value is -0.630. The summed E-state index contributed by atoms with van der Waals surface area (Å²) in [4.78, 5) is 7.10. The molecule has 1 unspecified atom stereocenters. The van der Waals surface area contributed by atoms with Gasteiger partial charge in [-0.25, -0.2) is 0 Å². The van der Waals surface area contributed by atoms with Crippen molar-refractivity contribution in [3.63, 3.8) is 0 Å². The van der Waals surface area contributed by atoms with Crippen LogP contribution in [0.5, 0.6) is 0 Å². The van der Waals surface area contributed by atoms with E-state index in [-0.39, 0.29) is 0 Å². The molecule has 0 bridgehead atoms. The van der Waals surface area contributed by atoms with E-state index in [0.29, 0.717) is 17.9 Å². The molecule has 1 heterocycles. The maximum Gasteiger partial charge on any atom is 0.0638 e. The first-order valence-electron chi connectivity index (χ1n) is 6.78. The zero-order valence-electron chi connectivity index (χ0n) is 12.6. The van der Waals surface area contributed by atoms with Crippen LogP contribution in [0.1, 0.15) is 20.3 Å². The molecule has 0 aromatic carbocycles. The maximum atomic E-state index is 8.96. The first kappa shape index (κ1) is 15.4. The van der Waals surface area contributed by atoms with Gasteiger partial charge in [-0.1, -0.05) is 13.8 Å².